The van der Waals surface area contributed by atoms with Gasteiger partial charge in [0, 0.05) is 16.5 Å². The number of halogens is 1. The Morgan fingerprint density at radius 1 is 1.50 bits per heavy atom. The Morgan fingerprint density at radius 2 is 2.29 bits per heavy atom. The molecule has 0 spiro atoms. The third-order valence-corrected chi connectivity index (χ3v) is 3.42. The summed E-state index contributed by atoms with van der Waals surface area (Å²) in [6.45, 7) is 2.29. The van der Waals surface area contributed by atoms with E-state index in [0.717, 1.165) is 16.5 Å². The lowest BCUT2D eigenvalue weighted by atomic mass is 9.98. The van der Waals surface area contributed by atoms with E-state index in [1.807, 2.05) is 12.1 Å². The number of likely N-dealkylation sites (N-methyl/N-ethyl adjacent to an activating group) is 1. The largest absolute Gasteiger partial charge is 0.306 e. The van der Waals surface area contributed by atoms with E-state index in [-0.39, 0.29) is 0 Å². The number of rotatable bonds is 1. The Kier molecular flexibility index (Phi) is 3.05. The predicted molar refractivity (Wildman–Crippen MR) is 63.6 cm³/mol. The molecule has 14 heavy (non-hydrogen) atoms. The molecule has 1 heterocycles. The van der Waals surface area contributed by atoms with Crippen molar-refractivity contribution in [3.63, 3.8) is 0 Å². The molecule has 1 aliphatic rings. The minimum atomic E-state index is 0.599. The molecule has 0 radical (unpaired) electrons. The molecular weight excluding hydrogens is 214 g/mol. The average molecular weight is 228 g/mol. The molecule has 1 aromatic carbocycles. The summed E-state index contributed by atoms with van der Waals surface area (Å²) in [6.07, 6.45) is 1.21. The number of hydrogen-bond acceptors (Lipinski definition) is 2. The number of benzene rings is 1. The Balaban J connectivity index is 2.24. The van der Waals surface area contributed by atoms with E-state index in [4.69, 9.17) is 11.6 Å². The van der Waals surface area contributed by atoms with E-state index >= 15 is 0 Å². The summed E-state index contributed by atoms with van der Waals surface area (Å²) in [4.78, 5) is 3.28. The van der Waals surface area contributed by atoms with Gasteiger partial charge in [0.1, 0.15) is 0 Å². The SMILES string of the molecule is CN1CCC(c2ccc(S)cc2Cl)C1. The minimum Gasteiger partial charge on any atom is -0.306 e. The summed E-state index contributed by atoms with van der Waals surface area (Å²) in [5, 5.41) is 0.859. The molecule has 0 saturated carbocycles. The Hall–Kier alpha value is -0.180. The third-order valence-electron chi connectivity index (χ3n) is 2.82. The van der Waals surface area contributed by atoms with Gasteiger partial charge in [-0.3, -0.25) is 0 Å². The molecule has 1 fully saturated rings. The van der Waals surface area contributed by atoms with Crippen molar-refractivity contribution in [3.8, 4) is 0 Å². The van der Waals surface area contributed by atoms with Crippen molar-refractivity contribution < 1.29 is 0 Å². The molecule has 0 bridgehead atoms. The summed E-state index contributed by atoms with van der Waals surface area (Å²) in [5.74, 6) is 0.599. The molecular formula is C11H14ClNS. The first kappa shape index (κ1) is 10.3. The monoisotopic (exact) mass is 227 g/mol. The molecule has 76 valence electrons. The van der Waals surface area contributed by atoms with E-state index < -0.39 is 0 Å². The number of nitrogens with zero attached hydrogens (tertiary/aromatic N) is 1. The van der Waals surface area contributed by atoms with Gasteiger partial charge in [0.25, 0.3) is 0 Å². The van der Waals surface area contributed by atoms with Crippen LogP contribution in [0, 0.1) is 0 Å². The molecule has 1 aliphatic heterocycles. The third kappa shape index (κ3) is 2.08. The summed E-state index contributed by atoms with van der Waals surface area (Å²) in [7, 11) is 2.15. The Morgan fingerprint density at radius 3 is 2.86 bits per heavy atom. The maximum Gasteiger partial charge on any atom is 0.0452 e. The smallest absolute Gasteiger partial charge is 0.0452 e. The Bertz CT molecular complexity index is 340. The topological polar surface area (TPSA) is 3.24 Å². The van der Waals surface area contributed by atoms with E-state index in [9.17, 15) is 0 Å². The number of hydrogen-bond donors (Lipinski definition) is 1. The van der Waals surface area contributed by atoms with Gasteiger partial charge in [-0.25, -0.2) is 0 Å². The van der Waals surface area contributed by atoms with Gasteiger partial charge >= 0.3 is 0 Å². The lowest BCUT2D eigenvalue weighted by Crippen LogP contribution is -2.13. The van der Waals surface area contributed by atoms with Gasteiger partial charge in [-0.05, 0) is 43.6 Å². The molecule has 1 saturated heterocycles. The highest BCUT2D eigenvalue weighted by atomic mass is 35.5. The zero-order chi connectivity index (χ0) is 10.1. The molecule has 1 atom stereocenters. The van der Waals surface area contributed by atoms with Crippen molar-refractivity contribution in [1.82, 2.24) is 4.90 Å². The van der Waals surface area contributed by atoms with Crippen molar-refractivity contribution >= 4 is 24.2 Å². The van der Waals surface area contributed by atoms with Crippen LogP contribution in [0.25, 0.3) is 0 Å². The van der Waals surface area contributed by atoms with Crippen molar-refractivity contribution in [2.24, 2.45) is 0 Å². The van der Waals surface area contributed by atoms with Crippen LogP contribution in [-0.2, 0) is 0 Å². The van der Waals surface area contributed by atoms with Crippen LogP contribution >= 0.6 is 24.2 Å². The van der Waals surface area contributed by atoms with Crippen LogP contribution in [0.4, 0.5) is 0 Å². The van der Waals surface area contributed by atoms with Gasteiger partial charge in [0.2, 0.25) is 0 Å². The predicted octanol–water partition coefficient (Wildman–Crippen LogP) is 3.05. The lowest BCUT2D eigenvalue weighted by molar-refractivity contribution is 0.411. The fourth-order valence-corrected chi connectivity index (χ4v) is 2.65. The number of likely N-dealkylation sites (tertiary alicyclic amines) is 1. The molecule has 0 aliphatic carbocycles. The van der Waals surface area contributed by atoms with Crippen LogP contribution < -0.4 is 0 Å². The van der Waals surface area contributed by atoms with Crippen LogP contribution in [0.15, 0.2) is 23.1 Å². The molecule has 1 unspecified atom stereocenters. The molecule has 1 nitrogen and oxygen atoms in total. The van der Waals surface area contributed by atoms with E-state index in [1.54, 1.807) is 0 Å². The van der Waals surface area contributed by atoms with Crippen molar-refractivity contribution in [2.45, 2.75) is 17.2 Å². The van der Waals surface area contributed by atoms with Crippen molar-refractivity contribution in [2.75, 3.05) is 20.1 Å². The molecule has 3 heteroatoms. The molecule has 0 N–H and O–H groups in total. The van der Waals surface area contributed by atoms with Crippen molar-refractivity contribution in [3.05, 3.63) is 28.8 Å². The maximum absolute atomic E-state index is 6.19. The first-order chi connectivity index (χ1) is 6.66. The van der Waals surface area contributed by atoms with Crippen LogP contribution in [-0.4, -0.2) is 25.0 Å². The highest BCUT2D eigenvalue weighted by Crippen LogP contribution is 2.32. The standard InChI is InChI=1S/C11H14ClNS/c1-13-5-4-8(7-13)10-3-2-9(14)6-11(10)12/h2-3,6,8,14H,4-5,7H2,1H3. The highest BCUT2D eigenvalue weighted by Gasteiger charge is 2.22. The average Bonchev–Trinajstić information content (AvgIpc) is 2.51. The first-order valence-corrected chi connectivity index (χ1v) is 5.66. The van der Waals surface area contributed by atoms with Crippen LogP contribution in [0.1, 0.15) is 17.9 Å². The maximum atomic E-state index is 6.19. The van der Waals surface area contributed by atoms with Crippen LogP contribution in [0.2, 0.25) is 5.02 Å². The fourth-order valence-electron chi connectivity index (χ4n) is 2.04. The van der Waals surface area contributed by atoms with Crippen LogP contribution in [0.3, 0.4) is 0 Å². The lowest BCUT2D eigenvalue weighted by Gasteiger charge is -2.12. The molecule has 0 aromatic heterocycles. The summed E-state index contributed by atoms with van der Waals surface area (Å²) in [6, 6.07) is 6.05. The minimum absolute atomic E-state index is 0.599. The Labute approximate surface area is 95.5 Å². The van der Waals surface area contributed by atoms with Gasteiger partial charge in [-0.15, -0.1) is 12.6 Å². The van der Waals surface area contributed by atoms with Gasteiger partial charge in [-0.2, -0.15) is 0 Å². The zero-order valence-corrected chi connectivity index (χ0v) is 9.85. The molecule has 0 amide bonds. The molecule has 1 aromatic rings. The van der Waals surface area contributed by atoms with Crippen LogP contribution in [0.5, 0.6) is 0 Å². The van der Waals surface area contributed by atoms with E-state index in [0.29, 0.717) is 5.92 Å². The van der Waals surface area contributed by atoms with E-state index in [2.05, 4.69) is 30.6 Å². The van der Waals surface area contributed by atoms with Gasteiger partial charge in [-0.1, -0.05) is 17.7 Å². The van der Waals surface area contributed by atoms with Gasteiger partial charge in [0.15, 0.2) is 0 Å². The van der Waals surface area contributed by atoms with Gasteiger partial charge in [0.05, 0.1) is 0 Å². The normalized spacial score (nSPS) is 22.9. The fraction of sp³-hybridized carbons (Fsp3) is 0.455. The van der Waals surface area contributed by atoms with E-state index in [1.165, 1.54) is 18.5 Å². The summed E-state index contributed by atoms with van der Waals surface area (Å²) < 4.78 is 0. The molecule has 2 rings (SSSR count). The first-order valence-electron chi connectivity index (χ1n) is 4.84. The quantitative estimate of drug-likeness (QED) is 0.722. The summed E-state index contributed by atoms with van der Waals surface area (Å²) >= 11 is 10.5. The second kappa shape index (κ2) is 4.13. The summed E-state index contributed by atoms with van der Waals surface area (Å²) in [5.41, 5.74) is 1.27. The zero-order valence-electron chi connectivity index (χ0n) is 8.20. The second-order valence-electron chi connectivity index (χ2n) is 3.95. The highest BCUT2D eigenvalue weighted by molar-refractivity contribution is 7.80. The van der Waals surface area contributed by atoms with Gasteiger partial charge < -0.3 is 4.90 Å². The second-order valence-corrected chi connectivity index (χ2v) is 4.88. The van der Waals surface area contributed by atoms with Crippen molar-refractivity contribution in [1.29, 1.82) is 0 Å². The number of thiol groups is 1.